The number of unbranched alkanes of at least 4 members (excludes halogenated alkanes) is 3. The third kappa shape index (κ3) is 8.38. The zero-order valence-electron chi connectivity index (χ0n) is 20.6. The maximum absolute atomic E-state index is 12.1. The minimum Gasteiger partial charge on any atom is -0.489 e. The van der Waals surface area contributed by atoms with Gasteiger partial charge in [0.15, 0.2) is 0 Å². The summed E-state index contributed by atoms with van der Waals surface area (Å²) in [5, 5.41) is 10.6. The average Bonchev–Trinajstić information content (AvgIpc) is 3.43. The third-order valence-corrected chi connectivity index (χ3v) is 5.81. The number of aromatic nitrogens is 3. The van der Waals surface area contributed by atoms with E-state index in [1.165, 1.54) is 5.56 Å². The Morgan fingerprint density at radius 3 is 2.41 bits per heavy atom. The summed E-state index contributed by atoms with van der Waals surface area (Å²) in [6.45, 7) is 0.422. The second kappa shape index (κ2) is 13.7. The van der Waals surface area contributed by atoms with E-state index < -0.39 is 11.7 Å². The van der Waals surface area contributed by atoms with Gasteiger partial charge in [0.1, 0.15) is 12.4 Å². The Balaban J connectivity index is 1.13. The minimum absolute atomic E-state index is 0.000947. The maximum Gasteiger partial charge on any atom is 0.287 e. The number of rotatable bonds is 14. The standard InChI is InChI=1S/C29H30N4O4/c34-26(13-7-2-1-4-9-22-10-5-3-6-11-22)28(35)31-20-27-32-33-29(37-27)24-14-16-25(17-15-24)36-21-23-12-8-18-30-19-23/h3,5-6,8,10-12,14-19H,1-2,4,7,9,13,20-21H2,(H,31,35). The zero-order chi connectivity index (χ0) is 25.7. The molecule has 37 heavy (non-hydrogen) atoms. The van der Waals surface area contributed by atoms with Gasteiger partial charge in [0.2, 0.25) is 17.6 Å². The summed E-state index contributed by atoms with van der Waals surface area (Å²) in [7, 11) is 0. The largest absolute Gasteiger partial charge is 0.489 e. The number of nitrogens with one attached hydrogen (secondary N) is 1. The lowest BCUT2D eigenvalue weighted by Crippen LogP contribution is -2.30. The lowest BCUT2D eigenvalue weighted by atomic mass is 10.0. The number of Topliss-reactive ketones (excluding diaryl/α,β-unsaturated/α-hetero) is 1. The Kier molecular flexibility index (Phi) is 9.52. The van der Waals surface area contributed by atoms with Crippen LogP contribution in [0.15, 0.2) is 83.5 Å². The number of pyridine rings is 1. The number of carbonyl (C=O) groups excluding carboxylic acids is 2. The van der Waals surface area contributed by atoms with Crippen LogP contribution < -0.4 is 10.1 Å². The summed E-state index contributed by atoms with van der Waals surface area (Å²) in [5.41, 5.74) is 3.03. The highest BCUT2D eigenvalue weighted by molar-refractivity contribution is 6.36. The van der Waals surface area contributed by atoms with Crippen molar-refractivity contribution in [1.29, 1.82) is 0 Å². The van der Waals surface area contributed by atoms with Gasteiger partial charge in [-0.3, -0.25) is 14.6 Å². The number of nitrogens with zero attached hydrogens (tertiary/aromatic N) is 3. The second-order valence-corrected chi connectivity index (χ2v) is 8.68. The molecule has 2 aromatic carbocycles. The first-order valence-corrected chi connectivity index (χ1v) is 12.5. The van der Waals surface area contributed by atoms with Crippen LogP contribution in [0.2, 0.25) is 0 Å². The molecule has 0 aliphatic carbocycles. The molecule has 0 fully saturated rings. The van der Waals surface area contributed by atoms with Gasteiger partial charge >= 0.3 is 0 Å². The summed E-state index contributed by atoms with van der Waals surface area (Å²) in [5.74, 6) is 0.206. The average molecular weight is 499 g/mol. The molecule has 4 rings (SSSR count). The summed E-state index contributed by atoms with van der Waals surface area (Å²) in [4.78, 5) is 28.3. The van der Waals surface area contributed by atoms with Crippen LogP contribution in [0.4, 0.5) is 0 Å². The highest BCUT2D eigenvalue weighted by atomic mass is 16.5. The van der Waals surface area contributed by atoms with Crippen LogP contribution in [0, 0.1) is 0 Å². The number of ketones is 1. The summed E-state index contributed by atoms with van der Waals surface area (Å²) < 4.78 is 11.4. The number of carbonyl (C=O) groups is 2. The molecule has 0 saturated heterocycles. The number of hydrogen-bond acceptors (Lipinski definition) is 7. The molecular formula is C29H30N4O4. The van der Waals surface area contributed by atoms with E-state index in [9.17, 15) is 9.59 Å². The van der Waals surface area contributed by atoms with Crippen LogP contribution in [0.5, 0.6) is 5.75 Å². The number of hydrogen-bond donors (Lipinski definition) is 1. The van der Waals surface area contributed by atoms with Crippen LogP contribution in [-0.2, 0) is 29.2 Å². The van der Waals surface area contributed by atoms with Gasteiger partial charge in [0.25, 0.3) is 5.91 Å². The van der Waals surface area contributed by atoms with Gasteiger partial charge in [0.05, 0.1) is 6.54 Å². The minimum atomic E-state index is -0.626. The number of ether oxygens (including phenoxy) is 1. The van der Waals surface area contributed by atoms with E-state index >= 15 is 0 Å². The molecule has 8 nitrogen and oxygen atoms in total. The van der Waals surface area contributed by atoms with Gasteiger partial charge in [-0.1, -0.05) is 49.2 Å². The van der Waals surface area contributed by atoms with E-state index in [1.807, 2.05) is 54.6 Å². The molecule has 4 aromatic rings. The first-order chi connectivity index (χ1) is 18.2. The molecule has 0 aliphatic rings. The lowest BCUT2D eigenvalue weighted by molar-refractivity contribution is -0.138. The molecule has 0 unspecified atom stereocenters. The van der Waals surface area contributed by atoms with E-state index in [0.29, 0.717) is 24.7 Å². The SMILES string of the molecule is O=C(CCCCCCc1ccccc1)C(=O)NCc1nnc(-c2ccc(OCc3cccnc3)cc2)o1. The van der Waals surface area contributed by atoms with Crippen LogP contribution in [-0.4, -0.2) is 26.9 Å². The molecule has 2 aromatic heterocycles. The van der Waals surface area contributed by atoms with Gasteiger partial charge in [-0.15, -0.1) is 10.2 Å². The summed E-state index contributed by atoms with van der Waals surface area (Å²) in [6.07, 6.45) is 8.48. The topological polar surface area (TPSA) is 107 Å². The van der Waals surface area contributed by atoms with E-state index in [0.717, 1.165) is 36.8 Å². The fourth-order valence-electron chi connectivity index (χ4n) is 3.77. The first-order valence-electron chi connectivity index (χ1n) is 12.5. The van der Waals surface area contributed by atoms with Crippen molar-refractivity contribution in [3.8, 4) is 17.2 Å². The van der Waals surface area contributed by atoms with Crippen molar-refractivity contribution in [3.05, 3.63) is 96.1 Å². The fraction of sp³-hybridized carbons (Fsp3) is 0.276. The Labute approximate surface area is 216 Å². The number of amides is 1. The van der Waals surface area contributed by atoms with Crippen molar-refractivity contribution >= 4 is 11.7 Å². The Morgan fingerprint density at radius 1 is 0.838 bits per heavy atom. The molecule has 0 aliphatic heterocycles. The van der Waals surface area contributed by atoms with Crippen molar-refractivity contribution in [1.82, 2.24) is 20.5 Å². The Hall–Kier alpha value is -4.33. The van der Waals surface area contributed by atoms with Crippen molar-refractivity contribution in [3.63, 3.8) is 0 Å². The van der Waals surface area contributed by atoms with Crippen molar-refractivity contribution in [2.45, 2.75) is 51.7 Å². The Morgan fingerprint density at radius 2 is 1.62 bits per heavy atom. The van der Waals surface area contributed by atoms with E-state index in [1.54, 1.807) is 12.4 Å². The van der Waals surface area contributed by atoms with Crippen LogP contribution in [0.3, 0.4) is 0 Å². The van der Waals surface area contributed by atoms with Crippen LogP contribution in [0.25, 0.3) is 11.5 Å². The predicted molar refractivity (Wildman–Crippen MR) is 138 cm³/mol. The molecule has 0 spiro atoms. The molecule has 0 radical (unpaired) electrons. The summed E-state index contributed by atoms with van der Waals surface area (Å²) in [6, 6.07) is 21.4. The van der Waals surface area contributed by atoms with Gasteiger partial charge in [0, 0.05) is 29.9 Å². The van der Waals surface area contributed by atoms with Gasteiger partial charge in [-0.25, -0.2) is 0 Å². The highest BCUT2D eigenvalue weighted by Crippen LogP contribution is 2.22. The molecule has 8 heteroatoms. The summed E-state index contributed by atoms with van der Waals surface area (Å²) >= 11 is 0. The molecular weight excluding hydrogens is 468 g/mol. The van der Waals surface area contributed by atoms with E-state index in [4.69, 9.17) is 9.15 Å². The first kappa shape index (κ1) is 25.8. The highest BCUT2D eigenvalue weighted by Gasteiger charge is 2.15. The van der Waals surface area contributed by atoms with E-state index in [2.05, 4.69) is 32.6 Å². The van der Waals surface area contributed by atoms with Gasteiger partial charge in [-0.2, -0.15) is 0 Å². The lowest BCUT2D eigenvalue weighted by Gasteiger charge is -2.06. The third-order valence-electron chi connectivity index (χ3n) is 5.81. The smallest absolute Gasteiger partial charge is 0.287 e. The molecule has 1 amide bonds. The van der Waals surface area contributed by atoms with Gasteiger partial charge in [-0.05, 0) is 55.2 Å². The second-order valence-electron chi connectivity index (χ2n) is 8.68. The molecule has 0 atom stereocenters. The maximum atomic E-state index is 12.1. The molecule has 1 N–H and O–H groups in total. The quantitative estimate of drug-likeness (QED) is 0.191. The zero-order valence-corrected chi connectivity index (χ0v) is 20.6. The Bertz CT molecular complexity index is 1260. The molecule has 0 saturated carbocycles. The number of benzene rings is 2. The van der Waals surface area contributed by atoms with Crippen molar-refractivity contribution in [2.75, 3.05) is 0 Å². The van der Waals surface area contributed by atoms with Crippen LogP contribution >= 0.6 is 0 Å². The van der Waals surface area contributed by atoms with Crippen molar-refractivity contribution in [2.24, 2.45) is 0 Å². The van der Waals surface area contributed by atoms with Crippen molar-refractivity contribution < 1.29 is 18.7 Å². The fourth-order valence-corrected chi connectivity index (χ4v) is 3.77. The molecule has 190 valence electrons. The molecule has 0 bridgehead atoms. The van der Waals surface area contributed by atoms with Gasteiger partial charge < -0.3 is 14.5 Å². The monoisotopic (exact) mass is 498 g/mol. The predicted octanol–water partition coefficient (Wildman–Crippen LogP) is 5.09. The normalized spacial score (nSPS) is 10.7. The van der Waals surface area contributed by atoms with E-state index in [-0.39, 0.29) is 18.9 Å². The molecule has 2 heterocycles. The number of aryl methyl sites for hydroxylation is 1. The van der Waals surface area contributed by atoms with Crippen LogP contribution in [0.1, 0.15) is 49.1 Å².